The normalized spacial score (nSPS) is 14.4. The molecule has 1 aromatic heterocycles. The Morgan fingerprint density at radius 3 is 2.76 bits per heavy atom. The first-order valence-electron chi connectivity index (χ1n) is 7.39. The number of halogens is 1. The fraction of sp³-hybridized carbons (Fsp3) is 0.412. The molecule has 1 saturated carbocycles. The Morgan fingerprint density at radius 2 is 2.10 bits per heavy atom. The fourth-order valence-corrected chi connectivity index (χ4v) is 2.53. The summed E-state index contributed by atoms with van der Waals surface area (Å²) in [6.07, 6.45) is 4.17. The number of nitrogens with zero attached hydrogens (tertiary/aromatic N) is 1. The molecule has 112 valence electrons. The van der Waals surface area contributed by atoms with Gasteiger partial charge < -0.3 is 14.6 Å². The topological polar surface area (TPSA) is 28.4 Å². The summed E-state index contributed by atoms with van der Waals surface area (Å²) < 4.78 is 18.9. The molecule has 1 heterocycles. The minimum Gasteiger partial charge on any atom is -0.469 e. The molecule has 1 N–H and O–H groups in total. The maximum Gasteiger partial charge on any atom is 0.123 e. The van der Waals surface area contributed by atoms with Crippen LogP contribution in [-0.2, 0) is 13.1 Å². The van der Waals surface area contributed by atoms with Gasteiger partial charge in [-0.2, -0.15) is 0 Å². The van der Waals surface area contributed by atoms with Gasteiger partial charge in [-0.25, -0.2) is 4.39 Å². The number of anilines is 1. The molecule has 4 heteroatoms. The lowest BCUT2D eigenvalue weighted by atomic mass is 10.1. The van der Waals surface area contributed by atoms with E-state index in [9.17, 15) is 4.39 Å². The monoisotopic (exact) mass is 288 g/mol. The van der Waals surface area contributed by atoms with Crippen molar-refractivity contribution in [3.63, 3.8) is 0 Å². The molecule has 1 aliphatic rings. The van der Waals surface area contributed by atoms with Crippen LogP contribution in [0.1, 0.15) is 29.7 Å². The first kappa shape index (κ1) is 14.1. The molecule has 0 amide bonds. The Labute approximate surface area is 124 Å². The molecule has 1 aromatic carbocycles. The third-order valence-electron chi connectivity index (χ3n) is 3.99. The molecule has 0 atom stereocenters. The van der Waals surface area contributed by atoms with Crippen LogP contribution in [0.3, 0.4) is 0 Å². The third kappa shape index (κ3) is 3.45. The van der Waals surface area contributed by atoms with Crippen LogP contribution in [0.25, 0.3) is 0 Å². The van der Waals surface area contributed by atoms with Crippen LogP contribution in [0.4, 0.5) is 10.1 Å². The van der Waals surface area contributed by atoms with E-state index in [2.05, 4.69) is 10.2 Å². The summed E-state index contributed by atoms with van der Waals surface area (Å²) in [7, 11) is 2.03. The van der Waals surface area contributed by atoms with E-state index < -0.39 is 0 Å². The molecule has 3 nitrogen and oxygen atoms in total. The average molecular weight is 288 g/mol. The Balaban J connectivity index is 1.77. The van der Waals surface area contributed by atoms with Crippen LogP contribution in [0, 0.1) is 12.7 Å². The summed E-state index contributed by atoms with van der Waals surface area (Å²) in [4.78, 5) is 2.14. The quantitative estimate of drug-likeness (QED) is 0.880. The van der Waals surface area contributed by atoms with E-state index in [1.165, 1.54) is 18.9 Å². The van der Waals surface area contributed by atoms with Gasteiger partial charge in [0.1, 0.15) is 11.6 Å². The number of benzene rings is 1. The summed E-state index contributed by atoms with van der Waals surface area (Å²) in [5, 5.41) is 3.45. The molecule has 0 bridgehead atoms. The summed E-state index contributed by atoms with van der Waals surface area (Å²) in [5.74, 6) is 0.751. The summed E-state index contributed by atoms with van der Waals surface area (Å²) in [6, 6.07) is 7.60. The predicted octanol–water partition coefficient (Wildman–Crippen LogP) is 3.62. The molecule has 1 fully saturated rings. The van der Waals surface area contributed by atoms with E-state index in [0.29, 0.717) is 12.6 Å². The Morgan fingerprint density at radius 1 is 1.29 bits per heavy atom. The van der Waals surface area contributed by atoms with E-state index in [1.807, 2.05) is 26.1 Å². The Hall–Kier alpha value is -1.81. The van der Waals surface area contributed by atoms with Gasteiger partial charge in [-0.1, -0.05) is 0 Å². The largest absolute Gasteiger partial charge is 0.469 e. The number of hydrogen-bond acceptors (Lipinski definition) is 3. The lowest BCUT2D eigenvalue weighted by Crippen LogP contribution is -2.22. The second kappa shape index (κ2) is 5.90. The number of nitrogens with one attached hydrogen (secondary N) is 1. The van der Waals surface area contributed by atoms with Crippen molar-refractivity contribution < 1.29 is 8.81 Å². The number of hydrogen-bond donors (Lipinski definition) is 1. The highest BCUT2D eigenvalue weighted by molar-refractivity contribution is 5.53. The zero-order chi connectivity index (χ0) is 14.8. The van der Waals surface area contributed by atoms with E-state index in [1.54, 1.807) is 12.3 Å². The number of furan rings is 1. The molecular weight excluding hydrogens is 267 g/mol. The third-order valence-corrected chi connectivity index (χ3v) is 3.99. The van der Waals surface area contributed by atoms with Gasteiger partial charge in [-0.15, -0.1) is 0 Å². The predicted molar refractivity (Wildman–Crippen MR) is 81.8 cm³/mol. The lowest BCUT2D eigenvalue weighted by molar-refractivity contribution is 0.529. The van der Waals surface area contributed by atoms with Crippen molar-refractivity contribution >= 4 is 5.69 Å². The van der Waals surface area contributed by atoms with Gasteiger partial charge in [0.05, 0.1) is 6.26 Å². The van der Waals surface area contributed by atoms with Crippen LogP contribution in [0.2, 0.25) is 0 Å². The number of rotatable bonds is 6. The maximum absolute atomic E-state index is 13.5. The van der Waals surface area contributed by atoms with Gasteiger partial charge in [-0.05, 0) is 49.6 Å². The molecule has 0 aliphatic heterocycles. The molecule has 1 aliphatic carbocycles. The van der Waals surface area contributed by atoms with Gasteiger partial charge in [0.15, 0.2) is 0 Å². The highest BCUT2D eigenvalue weighted by Gasteiger charge is 2.21. The minimum absolute atomic E-state index is 0.181. The highest BCUT2D eigenvalue weighted by atomic mass is 19.1. The van der Waals surface area contributed by atoms with Crippen molar-refractivity contribution in [3.05, 3.63) is 53.2 Å². The molecule has 0 unspecified atom stereocenters. The Bertz CT molecular complexity index is 619. The van der Waals surface area contributed by atoms with Crippen LogP contribution in [0.5, 0.6) is 0 Å². The summed E-state index contributed by atoms with van der Waals surface area (Å²) in [5.41, 5.74) is 3.22. The van der Waals surface area contributed by atoms with Crippen molar-refractivity contribution in [3.8, 4) is 0 Å². The second-order valence-corrected chi connectivity index (χ2v) is 5.79. The highest BCUT2D eigenvalue weighted by Crippen LogP contribution is 2.25. The summed E-state index contributed by atoms with van der Waals surface area (Å²) in [6.45, 7) is 3.43. The van der Waals surface area contributed by atoms with E-state index >= 15 is 0 Å². The van der Waals surface area contributed by atoms with Gasteiger partial charge in [-0.3, -0.25) is 0 Å². The molecule has 0 spiro atoms. The standard InChI is InChI=1S/C17H21FN2O/c1-12-13(7-8-21-12)11-20(2)17-6-3-15(18)9-14(17)10-19-16-4-5-16/h3,6-9,16,19H,4-5,10-11H2,1-2H3. The molecule has 0 radical (unpaired) electrons. The molecule has 21 heavy (non-hydrogen) atoms. The van der Waals surface area contributed by atoms with E-state index in [0.717, 1.165) is 29.1 Å². The SMILES string of the molecule is Cc1occc1CN(C)c1ccc(F)cc1CNC1CC1. The van der Waals surface area contributed by atoms with Crippen molar-refractivity contribution in [1.29, 1.82) is 0 Å². The van der Waals surface area contributed by atoms with Crippen LogP contribution in [0.15, 0.2) is 34.9 Å². The Kier molecular flexibility index (Phi) is 3.97. The molecule has 2 aromatic rings. The molecule has 3 rings (SSSR count). The van der Waals surface area contributed by atoms with Crippen molar-refractivity contribution in [1.82, 2.24) is 5.32 Å². The smallest absolute Gasteiger partial charge is 0.123 e. The van der Waals surface area contributed by atoms with E-state index in [4.69, 9.17) is 4.42 Å². The fourth-order valence-electron chi connectivity index (χ4n) is 2.53. The molecular formula is C17H21FN2O. The summed E-state index contributed by atoms with van der Waals surface area (Å²) >= 11 is 0. The van der Waals surface area contributed by atoms with Gasteiger partial charge in [0.2, 0.25) is 0 Å². The van der Waals surface area contributed by atoms with Crippen molar-refractivity contribution in [2.75, 3.05) is 11.9 Å². The first-order chi connectivity index (χ1) is 10.1. The van der Waals surface area contributed by atoms with Gasteiger partial charge in [0.25, 0.3) is 0 Å². The lowest BCUT2D eigenvalue weighted by Gasteiger charge is -2.22. The second-order valence-electron chi connectivity index (χ2n) is 5.79. The molecule has 0 saturated heterocycles. The van der Waals surface area contributed by atoms with E-state index in [-0.39, 0.29) is 5.82 Å². The first-order valence-corrected chi connectivity index (χ1v) is 7.39. The van der Waals surface area contributed by atoms with Crippen LogP contribution < -0.4 is 10.2 Å². The van der Waals surface area contributed by atoms with Crippen LogP contribution >= 0.6 is 0 Å². The van der Waals surface area contributed by atoms with Crippen LogP contribution in [-0.4, -0.2) is 13.1 Å². The number of aryl methyl sites for hydroxylation is 1. The van der Waals surface area contributed by atoms with Crippen molar-refractivity contribution in [2.45, 2.75) is 38.9 Å². The van der Waals surface area contributed by atoms with Gasteiger partial charge in [0, 0.05) is 37.4 Å². The van der Waals surface area contributed by atoms with Crippen molar-refractivity contribution in [2.24, 2.45) is 0 Å². The minimum atomic E-state index is -0.181. The zero-order valence-corrected chi connectivity index (χ0v) is 12.5. The van der Waals surface area contributed by atoms with Gasteiger partial charge >= 0.3 is 0 Å². The average Bonchev–Trinajstić information content (AvgIpc) is 3.20. The maximum atomic E-state index is 13.5. The zero-order valence-electron chi connectivity index (χ0n) is 12.5.